The first-order valence-corrected chi connectivity index (χ1v) is 7.26. The lowest BCUT2D eigenvalue weighted by Crippen LogP contribution is -2.40. The van der Waals surface area contributed by atoms with Crippen LogP contribution in [0.3, 0.4) is 0 Å². The zero-order valence-corrected chi connectivity index (χ0v) is 11.9. The molecule has 1 fully saturated rings. The summed E-state index contributed by atoms with van der Waals surface area (Å²) < 4.78 is 5.73. The van der Waals surface area contributed by atoms with Crippen LogP contribution in [0.5, 0.6) is 0 Å². The van der Waals surface area contributed by atoms with Gasteiger partial charge in [-0.05, 0) is 26.2 Å². The van der Waals surface area contributed by atoms with Crippen molar-refractivity contribution in [1.82, 2.24) is 9.97 Å². The molecule has 0 aromatic carbocycles. The van der Waals surface area contributed by atoms with E-state index in [4.69, 9.17) is 4.74 Å². The predicted molar refractivity (Wildman–Crippen MR) is 77.7 cm³/mol. The Morgan fingerprint density at radius 1 is 1.42 bits per heavy atom. The highest BCUT2D eigenvalue weighted by Gasteiger charge is 2.21. The maximum absolute atomic E-state index is 5.73. The van der Waals surface area contributed by atoms with Gasteiger partial charge in [-0.15, -0.1) is 0 Å². The first kappa shape index (κ1) is 14.1. The van der Waals surface area contributed by atoms with Gasteiger partial charge in [-0.2, -0.15) is 0 Å². The van der Waals surface area contributed by atoms with Gasteiger partial charge in [0.05, 0.1) is 6.10 Å². The minimum absolute atomic E-state index is 0.334. The van der Waals surface area contributed by atoms with Crippen LogP contribution >= 0.6 is 0 Å². The van der Waals surface area contributed by atoms with E-state index in [1.165, 1.54) is 0 Å². The highest BCUT2D eigenvalue weighted by molar-refractivity contribution is 5.48. The van der Waals surface area contributed by atoms with Gasteiger partial charge in [-0.1, -0.05) is 6.92 Å². The van der Waals surface area contributed by atoms with E-state index in [0.29, 0.717) is 6.10 Å². The molecule has 0 saturated carbocycles. The normalized spacial score (nSPS) is 19.5. The average Bonchev–Trinajstić information content (AvgIpc) is 2.46. The van der Waals surface area contributed by atoms with Crippen molar-refractivity contribution >= 4 is 11.6 Å². The van der Waals surface area contributed by atoms with Crippen molar-refractivity contribution in [3.8, 4) is 0 Å². The molecule has 0 bridgehead atoms. The summed E-state index contributed by atoms with van der Waals surface area (Å²) in [6, 6.07) is 2.03. The van der Waals surface area contributed by atoms with Crippen molar-refractivity contribution in [1.29, 1.82) is 0 Å². The average molecular weight is 264 g/mol. The number of piperidine rings is 1. The van der Waals surface area contributed by atoms with Gasteiger partial charge in [-0.3, -0.25) is 0 Å². The van der Waals surface area contributed by atoms with Gasteiger partial charge in [0.1, 0.15) is 18.0 Å². The zero-order valence-electron chi connectivity index (χ0n) is 11.9. The highest BCUT2D eigenvalue weighted by Crippen LogP contribution is 2.20. The van der Waals surface area contributed by atoms with Crippen LogP contribution in [0, 0.1) is 0 Å². The molecule has 5 nitrogen and oxygen atoms in total. The minimum atomic E-state index is 0.334. The van der Waals surface area contributed by atoms with Crippen molar-refractivity contribution in [3.05, 3.63) is 12.4 Å². The van der Waals surface area contributed by atoms with Crippen LogP contribution in [-0.4, -0.2) is 42.3 Å². The van der Waals surface area contributed by atoms with E-state index >= 15 is 0 Å². The summed E-state index contributed by atoms with van der Waals surface area (Å²) in [4.78, 5) is 10.9. The Morgan fingerprint density at radius 3 is 3.11 bits per heavy atom. The minimum Gasteiger partial charge on any atom is -0.377 e. The summed E-state index contributed by atoms with van der Waals surface area (Å²) in [6.07, 6.45) is 5.37. The van der Waals surface area contributed by atoms with Crippen LogP contribution in [0.15, 0.2) is 12.4 Å². The van der Waals surface area contributed by atoms with Crippen molar-refractivity contribution in [2.24, 2.45) is 0 Å². The third-order valence-corrected chi connectivity index (χ3v) is 3.31. The van der Waals surface area contributed by atoms with Crippen LogP contribution < -0.4 is 10.2 Å². The third-order valence-electron chi connectivity index (χ3n) is 3.31. The standard InChI is InChI=1S/C14H24N4O/c1-3-7-15-13-9-14(17-11-16-13)18-8-5-6-12(10-18)19-4-2/h9,11-12H,3-8,10H2,1-2H3,(H,15,16,17). The molecule has 19 heavy (non-hydrogen) atoms. The first-order chi connectivity index (χ1) is 9.33. The van der Waals surface area contributed by atoms with Crippen molar-refractivity contribution < 1.29 is 4.74 Å². The largest absolute Gasteiger partial charge is 0.377 e. The van der Waals surface area contributed by atoms with E-state index in [1.54, 1.807) is 6.33 Å². The summed E-state index contributed by atoms with van der Waals surface area (Å²) in [7, 11) is 0. The Morgan fingerprint density at radius 2 is 2.32 bits per heavy atom. The molecule has 1 unspecified atom stereocenters. The van der Waals surface area contributed by atoms with E-state index in [-0.39, 0.29) is 0 Å². The molecule has 1 aromatic heterocycles. The molecule has 1 aliphatic rings. The third kappa shape index (κ3) is 4.06. The second-order valence-electron chi connectivity index (χ2n) is 4.85. The summed E-state index contributed by atoms with van der Waals surface area (Å²) in [6.45, 7) is 7.90. The van der Waals surface area contributed by atoms with Crippen molar-refractivity contribution in [3.63, 3.8) is 0 Å². The van der Waals surface area contributed by atoms with Gasteiger partial charge in [-0.25, -0.2) is 9.97 Å². The zero-order chi connectivity index (χ0) is 13.5. The lowest BCUT2D eigenvalue weighted by Gasteiger charge is -2.33. The van der Waals surface area contributed by atoms with E-state index in [1.807, 2.05) is 6.07 Å². The molecular formula is C14H24N4O. The van der Waals surface area contributed by atoms with Crippen LogP contribution in [0.2, 0.25) is 0 Å². The Kier molecular flexibility index (Phi) is 5.39. The molecule has 1 aromatic rings. The van der Waals surface area contributed by atoms with Gasteiger partial charge in [0.25, 0.3) is 0 Å². The van der Waals surface area contributed by atoms with Crippen molar-refractivity contribution in [2.75, 3.05) is 36.5 Å². The number of aromatic nitrogens is 2. The Balaban J connectivity index is 1.99. The Bertz CT molecular complexity index is 383. The number of hydrogen-bond donors (Lipinski definition) is 1. The number of nitrogens with zero attached hydrogens (tertiary/aromatic N) is 3. The number of hydrogen-bond acceptors (Lipinski definition) is 5. The topological polar surface area (TPSA) is 50.3 Å². The fourth-order valence-electron chi connectivity index (χ4n) is 2.39. The van der Waals surface area contributed by atoms with Gasteiger partial charge in [0.2, 0.25) is 0 Å². The molecule has 1 atom stereocenters. The molecule has 0 spiro atoms. The van der Waals surface area contributed by atoms with Crippen LogP contribution in [0.4, 0.5) is 11.6 Å². The first-order valence-electron chi connectivity index (χ1n) is 7.26. The quantitative estimate of drug-likeness (QED) is 0.854. The number of ether oxygens (including phenoxy) is 1. The van der Waals surface area contributed by atoms with Gasteiger partial charge in [0, 0.05) is 32.3 Å². The smallest absolute Gasteiger partial charge is 0.134 e. The molecule has 0 amide bonds. The van der Waals surface area contributed by atoms with Gasteiger partial charge < -0.3 is 15.0 Å². The predicted octanol–water partition coefficient (Wildman–Crippen LogP) is 2.30. The Labute approximate surface area is 115 Å². The lowest BCUT2D eigenvalue weighted by molar-refractivity contribution is 0.0525. The maximum Gasteiger partial charge on any atom is 0.134 e. The fraction of sp³-hybridized carbons (Fsp3) is 0.714. The molecule has 1 aliphatic heterocycles. The number of anilines is 2. The van der Waals surface area contributed by atoms with E-state index in [0.717, 1.165) is 57.1 Å². The molecule has 106 valence electrons. The Hall–Kier alpha value is -1.36. The highest BCUT2D eigenvalue weighted by atomic mass is 16.5. The number of rotatable bonds is 6. The summed E-state index contributed by atoms with van der Waals surface area (Å²) in [5.74, 6) is 1.91. The van der Waals surface area contributed by atoms with Gasteiger partial charge in [0.15, 0.2) is 0 Å². The lowest BCUT2D eigenvalue weighted by atomic mass is 10.1. The van der Waals surface area contributed by atoms with Crippen molar-refractivity contribution in [2.45, 2.75) is 39.2 Å². The molecule has 1 N–H and O–H groups in total. The number of nitrogens with one attached hydrogen (secondary N) is 1. The molecule has 2 rings (SSSR count). The van der Waals surface area contributed by atoms with Crippen LogP contribution in [0.1, 0.15) is 33.1 Å². The van der Waals surface area contributed by atoms with E-state index < -0.39 is 0 Å². The second-order valence-corrected chi connectivity index (χ2v) is 4.85. The maximum atomic E-state index is 5.73. The summed E-state index contributed by atoms with van der Waals surface area (Å²) in [5, 5.41) is 3.30. The molecule has 0 radical (unpaired) electrons. The molecule has 5 heteroatoms. The molecular weight excluding hydrogens is 240 g/mol. The summed E-state index contributed by atoms with van der Waals surface area (Å²) in [5.41, 5.74) is 0. The fourth-order valence-corrected chi connectivity index (χ4v) is 2.39. The monoisotopic (exact) mass is 264 g/mol. The van der Waals surface area contributed by atoms with Crippen LogP contribution in [-0.2, 0) is 4.74 Å². The van der Waals surface area contributed by atoms with E-state index in [2.05, 4.69) is 34.0 Å². The van der Waals surface area contributed by atoms with Gasteiger partial charge >= 0.3 is 0 Å². The SMILES string of the molecule is CCCNc1cc(N2CCCC(OCC)C2)ncn1. The van der Waals surface area contributed by atoms with Crippen LogP contribution in [0.25, 0.3) is 0 Å². The summed E-state index contributed by atoms with van der Waals surface area (Å²) >= 11 is 0. The molecule has 2 heterocycles. The molecule has 0 aliphatic carbocycles. The second kappa shape index (κ2) is 7.28. The van der Waals surface area contributed by atoms with E-state index in [9.17, 15) is 0 Å². The molecule has 1 saturated heterocycles.